The smallest absolute Gasteiger partial charge is 0.138 e. The molecule has 0 spiro atoms. The second-order valence-corrected chi connectivity index (χ2v) is 3.61. The molecule has 0 saturated carbocycles. The first kappa shape index (κ1) is 8.34. The first-order valence-corrected chi connectivity index (χ1v) is 4.82. The van der Waals surface area contributed by atoms with E-state index in [-0.39, 0.29) is 6.04 Å². The molecule has 0 fully saturated rings. The van der Waals surface area contributed by atoms with Gasteiger partial charge in [-0.1, -0.05) is 0 Å². The minimum absolute atomic E-state index is 0.142. The fourth-order valence-corrected chi connectivity index (χ4v) is 2.15. The highest BCUT2D eigenvalue weighted by molar-refractivity contribution is 5.49. The summed E-state index contributed by atoms with van der Waals surface area (Å²) in [5.41, 5.74) is 8.20. The standard InChI is InChI=1S/C9H10N6/c10-9-8-6(3-4-11-9)1-2-7(8)15-5-12-13-14-15/h3-5,7H,1-2H2,(H2,10,11). The van der Waals surface area contributed by atoms with Crippen LogP contribution in [0, 0.1) is 0 Å². The van der Waals surface area contributed by atoms with Crippen molar-refractivity contribution in [1.29, 1.82) is 0 Å². The summed E-state index contributed by atoms with van der Waals surface area (Å²) in [7, 11) is 0. The number of tetrazole rings is 1. The number of aryl methyl sites for hydroxylation is 1. The average molecular weight is 202 g/mol. The fourth-order valence-electron chi connectivity index (χ4n) is 2.15. The number of rotatable bonds is 1. The maximum atomic E-state index is 5.88. The first-order valence-electron chi connectivity index (χ1n) is 4.82. The lowest BCUT2D eigenvalue weighted by molar-refractivity contribution is 0.504. The number of hydrogen-bond acceptors (Lipinski definition) is 5. The Morgan fingerprint density at radius 2 is 2.40 bits per heavy atom. The number of aromatic nitrogens is 5. The summed E-state index contributed by atoms with van der Waals surface area (Å²) >= 11 is 0. The molecule has 2 aromatic heterocycles. The van der Waals surface area contributed by atoms with Crippen LogP contribution in [-0.2, 0) is 6.42 Å². The topological polar surface area (TPSA) is 82.5 Å². The Labute approximate surface area is 86.1 Å². The Hall–Kier alpha value is -1.98. The number of pyridine rings is 1. The third-order valence-electron chi connectivity index (χ3n) is 2.82. The second-order valence-electron chi connectivity index (χ2n) is 3.61. The lowest BCUT2D eigenvalue weighted by Gasteiger charge is -2.11. The van der Waals surface area contributed by atoms with Crippen molar-refractivity contribution in [3.05, 3.63) is 29.7 Å². The Kier molecular flexibility index (Phi) is 1.67. The van der Waals surface area contributed by atoms with Gasteiger partial charge in [0.15, 0.2) is 0 Å². The van der Waals surface area contributed by atoms with Gasteiger partial charge in [0.05, 0.1) is 6.04 Å². The van der Waals surface area contributed by atoms with E-state index in [2.05, 4.69) is 20.5 Å². The van der Waals surface area contributed by atoms with E-state index in [4.69, 9.17) is 5.73 Å². The summed E-state index contributed by atoms with van der Waals surface area (Å²) in [6, 6.07) is 2.15. The Morgan fingerprint density at radius 1 is 1.47 bits per heavy atom. The molecule has 6 heteroatoms. The maximum absolute atomic E-state index is 5.88. The summed E-state index contributed by atoms with van der Waals surface area (Å²) in [5, 5.41) is 11.2. The molecule has 2 N–H and O–H groups in total. The van der Waals surface area contributed by atoms with Crippen molar-refractivity contribution in [1.82, 2.24) is 25.2 Å². The molecule has 0 aromatic carbocycles. The zero-order valence-corrected chi connectivity index (χ0v) is 8.04. The minimum atomic E-state index is 0.142. The number of nitrogens with two attached hydrogens (primary N) is 1. The molecule has 1 atom stereocenters. The fraction of sp³-hybridized carbons (Fsp3) is 0.333. The van der Waals surface area contributed by atoms with Gasteiger partial charge in [-0.05, 0) is 34.9 Å². The lowest BCUT2D eigenvalue weighted by atomic mass is 10.1. The molecule has 2 aromatic rings. The van der Waals surface area contributed by atoms with Crippen LogP contribution in [0.15, 0.2) is 18.6 Å². The SMILES string of the molecule is Nc1nccc2c1C(n1cnnn1)CC2. The van der Waals surface area contributed by atoms with Crippen molar-refractivity contribution in [2.24, 2.45) is 0 Å². The van der Waals surface area contributed by atoms with Crippen molar-refractivity contribution in [3.8, 4) is 0 Å². The van der Waals surface area contributed by atoms with E-state index in [1.54, 1.807) is 17.2 Å². The molecule has 76 valence electrons. The minimum Gasteiger partial charge on any atom is -0.383 e. The van der Waals surface area contributed by atoms with Gasteiger partial charge in [0, 0.05) is 11.8 Å². The van der Waals surface area contributed by atoms with Crippen molar-refractivity contribution in [3.63, 3.8) is 0 Å². The van der Waals surface area contributed by atoms with Crippen LogP contribution in [-0.4, -0.2) is 25.2 Å². The first-order chi connectivity index (χ1) is 7.36. The molecule has 0 bridgehead atoms. The van der Waals surface area contributed by atoms with Gasteiger partial charge in [-0.15, -0.1) is 5.10 Å². The van der Waals surface area contributed by atoms with E-state index < -0.39 is 0 Å². The van der Waals surface area contributed by atoms with Gasteiger partial charge in [-0.2, -0.15) is 0 Å². The molecule has 0 radical (unpaired) electrons. The second kappa shape index (κ2) is 3.01. The molecule has 2 heterocycles. The normalized spacial score (nSPS) is 19.1. The number of fused-ring (bicyclic) bond motifs is 1. The van der Waals surface area contributed by atoms with E-state index in [9.17, 15) is 0 Å². The molecule has 0 aliphatic heterocycles. The molecular weight excluding hydrogens is 192 g/mol. The van der Waals surface area contributed by atoms with Crippen molar-refractivity contribution >= 4 is 5.82 Å². The van der Waals surface area contributed by atoms with E-state index >= 15 is 0 Å². The molecule has 0 amide bonds. The zero-order valence-electron chi connectivity index (χ0n) is 8.04. The van der Waals surface area contributed by atoms with Crippen molar-refractivity contribution in [2.45, 2.75) is 18.9 Å². The van der Waals surface area contributed by atoms with Crippen LogP contribution in [0.2, 0.25) is 0 Å². The number of anilines is 1. The van der Waals surface area contributed by atoms with E-state index in [1.807, 2.05) is 6.07 Å². The molecular formula is C9H10N6. The highest BCUT2D eigenvalue weighted by Crippen LogP contribution is 2.35. The van der Waals surface area contributed by atoms with Crippen LogP contribution in [0.25, 0.3) is 0 Å². The molecule has 3 rings (SSSR count). The molecule has 15 heavy (non-hydrogen) atoms. The summed E-state index contributed by atoms with van der Waals surface area (Å²) < 4.78 is 1.74. The maximum Gasteiger partial charge on any atom is 0.138 e. The summed E-state index contributed by atoms with van der Waals surface area (Å²) in [6.45, 7) is 0. The molecule has 1 aliphatic rings. The predicted molar refractivity (Wildman–Crippen MR) is 52.9 cm³/mol. The van der Waals surface area contributed by atoms with E-state index in [1.165, 1.54) is 5.56 Å². The van der Waals surface area contributed by atoms with Gasteiger partial charge in [0.2, 0.25) is 0 Å². The Morgan fingerprint density at radius 3 is 3.20 bits per heavy atom. The third kappa shape index (κ3) is 1.18. The van der Waals surface area contributed by atoms with Crippen LogP contribution in [0.1, 0.15) is 23.6 Å². The van der Waals surface area contributed by atoms with Crippen LogP contribution >= 0.6 is 0 Å². The van der Waals surface area contributed by atoms with Crippen molar-refractivity contribution < 1.29 is 0 Å². The van der Waals surface area contributed by atoms with Gasteiger partial charge in [-0.3, -0.25) is 0 Å². The highest BCUT2D eigenvalue weighted by atomic mass is 15.5. The monoisotopic (exact) mass is 202 g/mol. The highest BCUT2D eigenvalue weighted by Gasteiger charge is 2.27. The van der Waals surface area contributed by atoms with Gasteiger partial charge in [0.25, 0.3) is 0 Å². The van der Waals surface area contributed by atoms with Gasteiger partial charge in [-0.25, -0.2) is 9.67 Å². The van der Waals surface area contributed by atoms with Gasteiger partial charge >= 0.3 is 0 Å². The Balaban J connectivity index is 2.12. The largest absolute Gasteiger partial charge is 0.383 e. The van der Waals surface area contributed by atoms with Crippen LogP contribution < -0.4 is 5.73 Å². The quantitative estimate of drug-likeness (QED) is 0.713. The molecule has 0 saturated heterocycles. The van der Waals surface area contributed by atoms with E-state index in [0.717, 1.165) is 18.4 Å². The third-order valence-corrected chi connectivity index (χ3v) is 2.82. The summed E-state index contributed by atoms with van der Waals surface area (Å²) in [6.07, 6.45) is 5.35. The van der Waals surface area contributed by atoms with E-state index in [0.29, 0.717) is 5.82 Å². The molecule has 1 aliphatic carbocycles. The average Bonchev–Trinajstić information content (AvgIpc) is 2.85. The number of nitrogens with zero attached hydrogens (tertiary/aromatic N) is 5. The predicted octanol–water partition coefficient (Wildman–Crippen LogP) is 0.186. The summed E-state index contributed by atoms with van der Waals surface area (Å²) in [5.74, 6) is 0.588. The van der Waals surface area contributed by atoms with Crippen LogP contribution in [0.3, 0.4) is 0 Å². The van der Waals surface area contributed by atoms with Crippen LogP contribution in [0.5, 0.6) is 0 Å². The Bertz CT molecular complexity index is 477. The summed E-state index contributed by atoms with van der Waals surface area (Å²) in [4.78, 5) is 4.11. The number of hydrogen-bond donors (Lipinski definition) is 1. The molecule has 6 nitrogen and oxygen atoms in total. The molecule has 1 unspecified atom stereocenters. The van der Waals surface area contributed by atoms with Gasteiger partial charge in [0.1, 0.15) is 12.1 Å². The van der Waals surface area contributed by atoms with Crippen LogP contribution in [0.4, 0.5) is 5.82 Å². The lowest BCUT2D eigenvalue weighted by Crippen LogP contribution is -2.10. The number of nitrogen functional groups attached to an aromatic ring is 1. The van der Waals surface area contributed by atoms with Gasteiger partial charge < -0.3 is 5.73 Å². The zero-order chi connectivity index (χ0) is 10.3. The van der Waals surface area contributed by atoms with Crippen molar-refractivity contribution in [2.75, 3.05) is 5.73 Å².